The van der Waals surface area contributed by atoms with Crippen LogP contribution >= 0.6 is 11.6 Å². The first-order chi connectivity index (χ1) is 13.5. The first-order valence-corrected chi connectivity index (χ1v) is 9.14. The lowest BCUT2D eigenvalue weighted by atomic mass is 10.1. The highest BCUT2D eigenvalue weighted by Crippen LogP contribution is 2.22. The molecule has 0 aliphatic rings. The lowest BCUT2D eigenvalue weighted by Crippen LogP contribution is -2.21. The Morgan fingerprint density at radius 2 is 1.82 bits per heavy atom. The lowest BCUT2D eigenvalue weighted by Gasteiger charge is -2.11. The number of aryl methyl sites for hydroxylation is 2. The second-order valence-electron chi connectivity index (χ2n) is 6.49. The summed E-state index contributed by atoms with van der Waals surface area (Å²) in [5.41, 5.74) is 3.33. The van der Waals surface area contributed by atoms with Crippen molar-refractivity contribution in [2.45, 2.75) is 13.8 Å². The maximum absolute atomic E-state index is 12.4. The summed E-state index contributed by atoms with van der Waals surface area (Å²) in [6.07, 6.45) is 0. The number of fused-ring (bicyclic) bond motifs is 1. The van der Waals surface area contributed by atoms with Gasteiger partial charge >= 0.3 is 6.03 Å². The molecule has 28 heavy (non-hydrogen) atoms. The number of halogens is 1. The number of hydrogen-bond acceptors (Lipinski definition) is 3. The molecule has 0 saturated carbocycles. The van der Waals surface area contributed by atoms with Gasteiger partial charge in [-0.2, -0.15) is 9.78 Å². The van der Waals surface area contributed by atoms with Crippen LogP contribution in [0, 0.1) is 13.8 Å². The molecule has 7 heteroatoms. The number of aromatic nitrogens is 3. The minimum absolute atomic E-state index is 0.388. The molecule has 2 amide bonds. The van der Waals surface area contributed by atoms with Gasteiger partial charge in [0.15, 0.2) is 5.82 Å². The van der Waals surface area contributed by atoms with E-state index in [-0.39, 0.29) is 6.03 Å². The summed E-state index contributed by atoms with van der Waals surface area (Å²) in [4.78, 5) is 17.1. The highest BCUT2D eigenvalue weighted by Gasteiger charge is 2.13. The summed E-state index contributed by atoms with van der Waals surface area (Å²) in [7, 11) is 0. The maximum Gasteiger partial charge on any atom is 0.324 e. The summed E-state index contributed by atoms with van der Waals surface area (Å²) in [6, 6.07) is 18.3. The Bertz CT molecular complexity index is 1180. The molecule has 0 aliphatic carbocycles. The van der Waals surface area contributed by atoms with Crippen molar-refractivity contribution in [3.63, 3.8) is 0 Å². The number of amides is 2. The predicted molar refractivity (Wildman–Crippen MR) is 112 cm³/mol. The number of nitrogens with one attached hydrogen (secondary N) is 2. The molecular formula is C21H18ClN5O. The Kier molecular flexibility index (Phi) is 4.71. The zero-order valence-corrected chi connectivity index (χ0v) is 16.2. The van der Waals surface area contributed by atoms with Gasteiger partial charge in [-0.15, -0.1) is 0 Å². The van der Waals surface area contributed by atoms with Crippen molar-refractivity contribution >= 4 is 40.0 Å². The van der Waals surface area contributed by atoms with Crippen molar-refractivity contribution in [1.29, 1.82) is 0 Å². The van der Waals surface area contributed by atoms with E-state index < -0.39 is 0 Å². The van der Waals surface area contributed by atoms with E-state index >= 15 is 0 Å². The molecule has 0 bridgehead atoms. The minimum atomic E-state index is -0.388. The van der Waals surface area contributed by atoms with Crippen LogP contribution in [-0.4, -0.2) is 20.8 Å². The largest absolute Gasteiger partial charge is 0.324 e. The molecule has 0 spiro atoms. The van der Waals surface area contributed by atoms with Crippen LogP contribution in [-0.2, 0) is 0 Å². The van der Waals surface area contributed by atoms with Crippen molar-refractivity contribution in [2.75, 3.05) is 10.6 Å². The number of pyridine rings is 1. The molecule has 0 radical (unpaired) electrons. The van der Waals surface area contributed by atoms with Crippen molar-refractivity contribution < 1.29 is 4.79 Å². The molecule has 0 aliphatic heterocycles. The fourth-order valence-electron chi connectivity index (χ4n) is 3.05. The van der Waals surface area contributed by atoms with Crippen molar-refractivity contribution in [2.24, 2.45) is 0 Å². The number of carbonyl (C=O) groups excluding carboxylic acids is 1. The van der Waals surface area contributed by atoms with Crippen LogP contribution in [0.3, 0.4) is 0 Å². The number of carbonyl (C=O) groups is 1. The van der Waals surface area contributed by atoms with E-state index in [1.165, 1.54) is 0 Å². The SMILES string of the molecule is Cc1cc(NC(=O)Nc2cccc(Cl)c2)n(-c2cc(C)c3ccccc3n2)n1. The number of hydrogen-bond donors (Lipinski definition) is 2. The lowest BCUT2D eigenvalue weighted by molar-refractivity contribution is 0.262. The van der Waals surface area contributed by atoms with E-state index in [2.05, 4.69) is 15.7 Å². The van der Waals surface area contributed by atoms with Gasteiger partial charge in [0.2, 0.25) is 0 Å². The van der Waals surface area contributed by atoms with E-state index in [4.69, 9.17) is 16.6 Å². The molecule has 2 aromatic heterocycles. The second-order valence-corrected chi connectivity index (χ2v) is 6.92. The maximum atomic E-state index is 12.4. The van der Waals surface area contributed by atoms with E-state index in [9.17, 15) is 4.79 Å². The molecule has 4 rings (SSSR count). The van der Waals surface area contributed by atoms with Gasteiger partial charge in [0, 0.05) is 22.2 Å². The van der Waals surface area contributed by atoms with Gasteiger partial charge in [-0.25, -0.2) is 9.78 Å². The predicted octanol–water partition coefficient (Wildman–Crippen LogP) is 5.33. The van der Waals surface area contributed by atoms with Crippen LogP contribution in [0.25, 0.3) is 16.7 Å². The molecule has 0 unspecified atom stereocenters. The van der Waals surface area contributed by atoms with E-state index in [1.807, 2.05) is 44.2 Å². The normalized spacial score (nSPS) is 10.8. The average molecular weight is 392 g/mol. The van der Waals surface area contributed by atoms with Gasteiger partial charge in [0.1, 0.15) is 5.82 Å². The highest BCUT2D eigenvalue weighted by molar-refractivity contribution is 6.30. The molecule has 0 saturated heterocycles. The monoisotopic (exact) mass is 391 g/mol. The molecular weight excluding hydrogens is 374 g/mol. The van der Waals surface area contributed by atoms with Crippen LogP contribution in [0.15, 0.2) is 60.7 Å². The molecule has 2 heterocycles. The fourth-order valence-corrected chi connectivity index (χ4v) is 3.24. The molecule has 0 fully saturated rings. The Balaban J connectivity index is 1.65. The zero-order chi connectivity index (χ0) is 19.7. The van der Waals surface area contributed by atoms with Crippen LogP contribution < -0.4 is 10.6 Å². The number of urea groups is 1. The molecule has 6 nitrogen and oxygen atoms in total. The van der Waals surface area contributed by atoms with Crippen molar-refractivity contribution in [1.82, 2.24) is 14.8 Å². The third kappa shape index (κ3) is 3.68. The average Bonchev–Trinajstić information content (AvgIpc) is 3.01. The Morgan fingerprint density at radius 3 is 2.64 bits per heavy atom. The molecule has 2 N–H and O–H groups in total. The second kappa shape index (κ2) is 7.32. The van der Waals surface area contributed by atoms with Gasteiger partial charge in [0.05, 0.1) is 11.2 Å². The molecule has 4 aromatic rings. The molecule has 140 valence electrons. The van der Waals surface area contributed by atoms with E-state index in [1.54, 1.807) is 35.0 Å². The Morgan fingerprint density at radius 1 is 1.00 bits per heavy atom. The number of nitrogens with zero attached hydrogens (tertiary/aromatic N) is 3. The van der Waals surface area contributed by atoms with Crippen LogP contribution in [0.4, 0.5) is 16.3 Å². The number of anilines is 2. The summed E-state index contributed by atoms with van der Waals surface area (Å²) in [5.74, 6) is 1.17. The summed E-state index contributed by atoms with van der Waals surface area (Å²) in [5, 5.41) is 11.7. The van der Waals surface area contributed by atoms with Crippen LogP contribution in [0.5, 0.6) is 0 Å². The topological polar surface area (TPSA) is 71.8 Å². The summed E-state index contributed by atoms with van der Waals surface area (Å²) >= 11 is 5.97. The van der Waals surface area contributed by atoms with Gasteiger partial charge in [-0.1, -0.05) is 35.9 Å². The zero-order valence-electron chi connectivity index (χ0n) is 15.4. The molecule has 0 atom stereocenters. The third-order valence-corrected chi connectivity index (χ3v) is 4.52. The van der Waals surface area contributed by atoms with Gasteiger partial charge in [0.25, 0.3) is 0 Å². The quantitative estimate of drug-likeness (QED) is 0.495. The fraction of sp³-hybridized carbons (Fsp3) is 0.0952. The van der Waals surface area contributed by atoms with Gasteiger partial charge in [-0.05, 0) is 49.7 Å². The van der Waals surface area contributed by atoms with Crippen molar-refractivity contribution in [3.8, 4) is 5.82 Å². The first-order valence-electron chi connectivity index (χ1n) is 8.76. The Hall–Kier alpha value is -3.38. The van der Waals surface area contributed by atoms with Gasteiger partial charge < -0.3 is 5.32 Å². The number of benzene rings is 2. The van der Waals surface area contributed by atoms with E-state index in [0.717, 1.165) is 22.2 Å². The smallest absolute Gasteiger partial charge is 0.308 e. The van der Waals surface area contributed by atoms with Crippen LogP contribution in [0.2, 0.25) is 5.02 Å². The van der Waals surface area contributed by atoms with Crippen LogP contribution in [0.1, 0.15) is 11.3 Å². The number of rotatable bonds is 3. The van der Waals surface area contributed by atoms with Gasteiger partial charge in [-0.3, -0.25) is 5.32 Å². The minimum Gasteiger partial charge on any atom is -0.308 e. The summed E-state index contributed by atoms with van der Waals surface area (Å²) in [6.45, 7) is 3.90. The van der Waals surface area contributed by atoms with E-state index in [0.29, 0.717) is 22.3 Å². The van der Waals surface area contributed by atoms with Crippen molar-refractivity contribution in [3.05, 3.63) is 76.9 Å². The summed E-state index contributed by atoms with van der Waals surface area (Å²) < 4.78 is 1.63. The standard InChI is InChI=1S/C21H18ClN5O/c1-13-10-19(24-18-9-4-3-8-17(13)18)27-20(11-14(2)26-27)25-21(28)23-16-7-5-6-15(22)12-16/h3-12H,1-2H3,(H2,23,25,28). The molecule has 2 aromatic carbocycles. The first kappa shape index (κ1) is 18.0. The highest BCUT2D eigenvalue weighted by atomic mass is 35.5. The third-order valence-electron chi connectivity index (χ3n) is 4.28. The number of para-hydroxylation sites is 1. The Labute approximate surface area is 167 Å².